The summed E-state index contributed by atoms with van der Waals surface area (Å²) in [6, 6.07) is 15.2. The predicted molar refractivity (Wildman–Crippen MR) is 87.5 cm³/mol. The van der Waals surface area contributed by atoms with Crippen LogP contribution in [0.15, 0.2) is 42.5 Å². The van der Waals surface area contributed by atoms with Gasteiger partial charge in [0, 0.05) is 11.1 Å². The van der Waals surface area contributed by atoms with Gasteiger partial charge in [0.05, 0.1) is 0 Å². The number of hydrogen-bond acceptors (Lipinski definition) is 1. The molecule has 2 aromatic carbocycles. The fourth-order valence-electron chi connectivity index (χ4n) is 2.58. The van der Waals surface area contributed by atoms with Crippen LogP contribution in [-0.4, -0.2) is 6.54 Å². The lowest BCUT2D eigenvalue weighted by Gasteiger charge is -2.20. The van der Waals surface area contributed by atoms with Crippen molar-refractivity contribution in [1.82, 2.24) is 5.32 Å². The van der Waals surface area contributed by atoms with E-state index in [4.69, 9.17) is 11.6 Å². The average Bonchev–Trinajstić information content (AvgIpc) is 2.39. The Balaban J connectivity index is 2.29. The highest BCUT2D eigenvalue weighted by atomic mass is 35.5. The number of nitrogens with one attached hydrogen (secondary N) is 1. The second kappa shape index (κ2) is 6.92. The van der Waals surface area contributed by atoms with Crippen molar-refractivity contribution in [2.45, 2.75) is 33.2 Å². The van der Waals surface area contributed by atoms with Crippen LogP contribution in [0.1, 0.15) is 35.2 Å². The molecule has 0 aromatic heterocycles. The Labute approximate surface area is 127 Å². The topological polar surface area (TPSA) is 12.0 Å². The van der Waals surface area contributed by atoms with Gasteiger partial charge in [0.15, 0.2) is 0 Å². The fraction of sp³-hybridized carbons (Fsp3) is 0.333. The molecule has 0 spiro atoms. The summed E-state index contributed by atoms with van der Waals surface area (Å²) in [5.74, 6) is 0. The van der Waals surface area contributed by atoms with Crippen LogP contribution in [-0.2, 0) is 6.42 Å². The van der Waals surface area contributed by atoms with E-state index in [1.165, 1.54) is 22.3 Å². The maximum Gasteiger partial charge on any atom is 0.0411 e. The van der Waals surface area contributed by atoms with Crippen molar-refractivity contribution in [3.05, 3.63) is 69.7 Å². The van der Waals surface area contributed by atoms with Crippen molar-refractivity contribution in [3.8, 4) is 0 Å². The van der Waals surface area contributed by atoms with Crippen LogP contribution in [0, 0.1) is 13.8 Å². The van der Waals surface area contributed by atoms with Gasteiger partial charge >= 0.3 is 0 Å². The average molecular weight is 288 g/mol. The summed E-state index contributed by atoms with van der Waals surface area (Å²) in [5, 5.41) is 4.38. The summed E-state index contributed by atoms with van der Waals surface area (Å²) in [4.78, 5) is 0. The van der Waals surface area contributed by atoms with Crippen molar-refractivity contribution in [2.75, 3.05) is 6.54 Å². The van der Waals surface area contributed by atoms with Gasteiger partial charge in [-0.05, 0) is 61.2 Å². The summed E-state index contributed by atoms with van der Waals surface area (Å²) < 4.78 is 0. The quantitative estimate of drug-likeness (QED) is 0.829. The summed E-state index contributed by atoms with van der Waals surface area (Å²) in [5.41, 5.74) is 5.20. The van der Waals surface area contributed by atoms with Gasteiger partial charge in [-0.2, -0.15) is 0 Å². The van der Waals surface area contributed by atoms with E-state index < -0.39 is 0 Å². The van der Waals surface area contributed by atoms with Gasteiger partial charge in [0.25, 0.3) is 0 Å². The van der Waals surface area contributed by atoms with Crippen molar-refractivity contribution in [3.63, 3.8) is 0 Å². The van der Waals surface area contributed by atoms with Gasteiger partial charge in [-0.25, -0.2) is 0 Å². The molecule has 0 aliphatic rings. The molecule has 0 aliphatic carbocycles. The van der Waals surface area contributed by atoms with Crippen LogP contribution >= 0.6 is 11.6 Å². The molecule has 0 radical (unpaired) electrons. The first kappa shape index (κ1) is 15.1. The van der Waals surface area contributed by atoms with Gasteiger partial charge in [-0.15, -0.1) is 0 Å². The number of aryl methyl sites for hydroxylation is 2. The highest BCUT2D eigenvalue weighted by Gasteiger charge is 2.13. The Morgan fingerprint density at radius 2 is 1.85 bits per heavy atom. The maximum atomic E-state index is 6.20. The van der Waals surface area contributed by atoms with E-state index in [-0.39, 0.29) is 0 Å². The zero-order chi connectivity index (χ0) is 14.5. The summed E-state index contributed by atoms with van der Waals surface area (Å²) in [6.07, 6.45) is 0.986. The Hall–Kier alpha value is -1.31. The van der Waals surface area contributed by atoms with E-state index in [0.29, 0.717) is 6.04 Å². The highest BCUT2D eigenvalue weighted by Crippen LogP contribution is 2.24. The van der Waals surface area contributed by atoms with Gasteiger partial charge in [0.2, 0.25) is 0 Å². The lowest BCUT2D eigenvalue weighted by atomic mass is 9.95. The Bertz CT molecular complexity index is 557. The predicted octanol–water partition coefficient (Wildman–Crippen LogP) is 4.85. The molecular weight excluding hydrogens is 266 g/mol. The molecule has 20 heavy (non-hydrogen) atoms. The van der Waals surface area contributed by atoms with E-state index >= 15 is 0 Å². The molecule has 0 saturated carbocycles. The van der Waals surface area contributed by atoms with Gasteiger partial charge < -0.3 is 5.32 Å². The maximum absolute atomic E-state index is 6.20. The minimum absolute atomic E-state index is 0.304. The number of likely N-dealkylation sites (N-methyl/N-ethyl adjacent to an activating group) is 1. The molecule has 0 amide bonds. The van der Waals surface area contributed by atoms with Crippen LogP contribution in [0.2, 0.25) is 5.02 Å². The van der Waals surface area contributed by atoms with E-state index in [1.807, 2.05) is 6.07 Å². The molecule has 2 heteroatoms. The van der Waals surface area contributed by atoms with Crippen LogP contribution in [0.4, 0.5) is 0 Å². The molecule has 0 heterocycles. The fourth-order valence-corrected chi connectivity index (χ4v) is 2.88. The van der Waals surface area contributed by atoms with E-state index in [9.17, 15) is 0 Å². The zero-order valence-corrected chi connectivity index (χ0v) is 13.2. The third-order valence-electron chi connectivity index (χ3n) is 3.60. The second-order valence-corrected chi connectivity index (χ2v) is 5.74. The second-order valence-electron chi connectivity index (χ2n) is 5.30. The number of benzene rings is 2. The van der Waals surface area contributed by atoms with Crippen LogP contribution in [0.25, 0.3) is 0 Å². The molecule has 1 atom stereocenters. The standard InChI is InChI=1S/C18H22ClN/c1-4-20-18(12-15-8-6-5-7-14(15)3)16-9-13(2)10-17(19)11-16/h5-11,18,20H,4,12H2,1-3H3. The first-order valence-corrected chi connectivity index (χ1v) is 7.53. The molecule has 0 fully saturated rings. The molecule has 0 aliphatic heterocycles. The molecule has 2 aromatic rings. The molecule has 0 saturated heterocycles. The normalized spacial score (nSPS) is 12.4. The van der Waals surface area contributed by atoms with Gasteiger partial charge in [0.1, 0.15) is 0 Å². The minimum Gasteiger partial charge on any atom is -0.310 e. The summed E-state index contributed by atoms with van der Waals surface area (Å²) in [7, 11) is 0. The Kier molecular flexibility index (Phi) is 5.22. The molecule has 1 unspecified atom stereocenters. The lowest BCUT2D eigenvalue weighted by molar-refractivity contribution is 0.548. The third kappa shape index (κ3) is 3.84. The molecule has 1 N–H and O–H groups in total. The number of halogens is 1. The van der Waals surface area contributed by atoms with Crippen LogP contribution in [0.3, 0.4) is 0 Å². The van der Waals surface area contributed by atoms with Crippen LogP contribution in [0.5, 0.6) is 0 Å². The smallest absolute Gasteiger partial charge is 0.0411 e. The Morgan fingerprint density at radius 1 is 1.10 bits per heavy atom. The molecule has 2 rings (SSSR count). The first-order chi connectivity index (χ1) is 9.60. The monoisotopic (exact) mass is 287 g/mol. The Morgan fingerprint density at radius 3 is 2.50 bits per heavy atom. The molecule has 106 valence electrons. The lowest BCUT2D eigenvalue weighted by Crippen LogP contribution is -2.23. The van der Waals surface area contributed by atoms with Crippen LogP contribution < -0.4 is 5.32 Å². The molecular formula is C18H22ClN. The highest BCUT2D eigenvalue weighted by molar-refractivity contribution is 6.30. The van der Waals surface area contributed by atoms with E-state index in [2.05, 4.69) is 62.5 Å². The number of rotatable bonds is 5. The van der Waals surface area contributed by atoms with Crippen molar-refractivity contribution in [2.24, 2.45) is 0 Å². The third-order valence-corrected chi connectivity index (χ3v) is 3.82. The molecule has 0 bridgehead atoms. The molecule has 1 nitrogen and oxygen atoms in total. The van der Waals surface area contributed by atoms with E-state index in [1.54, 1.807) is 0 Å². The van der Waals surface area contributed by atoms with E-state index in [0.717, 1.165) is 18.0 Å². The SMILES string of the molecule is CCNC(Cc1ccccc1C)c1cc(C)cc(Cl)c1. The van der Waals surface area contributed by atoms with Crippen molar-refractivity contribution < 1.29 is 0 Å². The van der Waals surface area contributed by atoms with Crippen molar-refractivity contribution >= 4 is 11.6 Å². The van der Waals surface area contributed by atoms with Gasteiger partial charge in [-0.3, -0.25) is 0 Å². The summed E-state index contributed by atoms with van der Waals surface area (Å²) in [6.45, 7) is 7.35. The summed E-state index contributed by atoms with van der Waals surface area (Å²) >= 11 is 6.20. The zero-order valence-electron chi connectivity index (χ0n) is 12.4. The number of hydrogen-bond donors (Lipinski definition) is 1. The largest absolute Gasteiger partial charge is 0.310 e. The van der Waals surface area contributed by atoms with Crippen molar-refractivity contribution in [1.29, 1.82) is 0 Å². The first-order valence-electron chi connectivity index (χ1n) is 7.15. The minimum atomic E-state index is 0.304. The van der Waals surface area contributed by atoms with Gasteiger partial charge in [-0.1, -0.05) is 48.9 Å².